The van der Waals surface area contributed by atoms with Crippen LogP contribution in [0.1, 0.15) is 27.2 Å². The monoisotopic (exact) mass is 179 g/mol. The Morgan fingerprint density at radius 2 is 2.08 bits per heavy atom. The van der Waals surface area contributed by atoms with Crippen molar-refractivity contribution in [1.82, 2.24) is 5.32 Å². The van der Waals surface area contributed by atoms with Crippen molar-refractivity contribution in [2.75, 3.05) is 7.05 Å². The molecular formula is C12H21N. The second-order valence-corrected chi connectivity index (χ2v) is 3.45. The van der Waals surface area contributed by atoms with Crippen molar-refractivity contribution in [2.24, 2.45) is 5.92 Å². The largest absolute Gasteiger partial charge is 0.392 e. The van der Waals surface area contributed by atoms with Gasteiger partial charge in [0.05, 0.1) is 0 Å². The summed E-state index contributed by atoms with van der Waals surface area (Å²) in [4.78, 5) is 0. The summed E-state index contributed by atoms with van der Waals surface area (Å²) in [6, 6.07) is 0. The fourth-order valence-corrected chi connectivity index (χ4v) is 1.01. The molecule has 0 aromatic carbocycles. The Kier molecular flexibility index (Phi) is 6.03. The SMILES string of the molecule is C=C(C/C(=C\C=C/C)C(C)C)NC. The molecule has 0 amide bonds. The molecule has 13 heavy (non-hydrogen) atoms. The van der Waals surface area contributed by atoms with Crippen LogP contribution in [0.5, 0.6) is 0 Å². The molecule has 0 heterocycles. The van der Waals surface area contributed by atoms with Crippen molar-refractivity contribution < 1.29 is 0 Å². The molecule has 0 radical (unpaired) electrons. The Labute approximate surface area is 82.2 Å². The first kappa shape index (κ1) is 12.0. The molecule has 0 saturated carbocycles. The molecule has 0 atom stereocenters. The van der Waals surface area contributed by atoms with Crippen LogP contribution in [-0.4, -0.2) is 7.05 Å². The third kappa shape index (κ3) is 5.29. The van der Waals surface area contributed by atoms with Crippen molar-refractivity contribution in [3.05, 3.63) is 36.1 Å². The Balaban J connectivity index is 4.35. The van der Waals surface area contributed by atoms with E-state index in [-0.39, 0.29) is 0 Å². The second kappa shape index (κ2) is 6.53. The van der Waals surface area contributed by atoms with Crippen LogP contribution in [0.4, 0.5) is 0 Å². The first-order valence-electron chi connectivity index (χ1n) is 4.79. The summed E-state index contributed by atoms with van der Waals surface area (Å²) < 4.78 is 0. The predicted octanol–water partition coefficient (Wildman–Crippen LogP) is 3.27. The van der Waals surface area contributed by atoms with E-state index in [2.05, 4.69) is 37.9 Å². The maximum atomic E-state index is 3.93. The van der Waals surface area contributed by atoms with Crippen LogP contribution in [0.25, 0.3) is 0 Å². The van der Waals surface area contributed by atoms with Gasteiger partial charge in [-0.05, 0) is 12.8 Å². The van der Waals surface area contributed by atoms with E-state index in [1.54, 1.807) is 0 Å². The lowest BCUT2D eigenvalue weighted by atomic mass is 9.98. The molecule has 0 aliphatic heterocycles. The van der Waals surface area contributed by atoms with Gasteiger partial charge in [-0.1, -0.05) is 44.2 Å². The van der Waals surface area contributed by atoms with Crippen LogP contribution in [0.3, 0.4) is 0 Å². The van der Waals surface area contributed by atoms with Gasteiger partial charge in [-0.15, -0.1) is 0 Å². The van der Waals surface area contributed by atoms with Gasteiger partial charge in [-0.25, -0.2) is 0 Å². The smallest absolute Gasteiger partial charge is 0.00811 e. The van der Waals surface area contributed by atoms with Gasteiger partial charge in [-0.2, -0.15) is 0 Å². The summed E-state index contributed by atoms with van der Waals surface area (Å²) >= 11 is 0. The molecule has 1 N–H and O–H groups in total. The molecule has 0 fully saturated rings. The van der Waals surface area contributed by atoms with E-state index in [9.17, 15) is 0 Å². The van der Waals surface area contributed by atoms with Gasteiger partial charge in [-0.3, -0.25) is 0 Å². The number of allylic oxidation sites excluding steroid dienone is 4. The molecule has 1 nitrogen and oxygen atoms in total. The Bertz CT molecular complexity index is 209. The summed E-state index contributed by atoms with van der Waals surface area (Å²) in [5.41, 5.74) is 2.49. The summed E-state index contributed by atoms with van der Waals surface area (Å²) in [5, 5.41) is 3.07. The second-order valence-electron chi connectivity index (χ2n) is 3.45. The topological polar surface area (TPSA) is 12.0 Å². The fraction of sp³-hybridized carbons (Fsp3) is 0.500. The van der Waals surface area contributed by atoms with Gasteiger partial charge in [0.2, 0.25) is 0 Å². The van der Waals surface area contributed by atoms with E-state index >= 15 is 0 Å². The van der Waals surface area contributed by atoms with Gasteiger partial charge in [0.1, 0.15) is 0 Å². The van der Waals surface area contributed by atoms with E-state index < -0.39 is 0 Å². The number of hydrogen-bond acceptors (Lipinski definition) is 1. The molecule has 0 aliphatic carbocycles. The van der Waals surface area contributed by atoms with Gasteiger partial charge < -0.3 is 5.32 Å². The summed E-state index contributed by atoms with van der Waals surface area (Å²) in [7, 11) is 1.91. The zero-order chi connectivity index (χ0) is 10.3. The standard InChI is InChI=1S/C12H21N/c1-6-7-8-12(10(2)3)9-11(4)13-5/h6-8,10,13H,4,9H2,1-3,5H3/b7-6-,12-8+. The summed E-state index contributed by atoms with van der Waals surface area (Å²) in [5.74, 6) is 0.585. The third-order valence-electron chi connectivity index (χ3n) is 2.02. The lowest BCUT2D eigenvalue weighted by Crippen LogP contribution is -2.07. The van der Waals surface area contributed by atoms with Crippen LogP contribution >= 0.6 is 0 Å². The van der Waals surface area contributed by atoms with Crippen LogP contribution < -0.4 is 5.32 Å². The highest BCUT2D eigenvalue weighted by Crippen LogP contribution is 2.16. The molecule has 1 heteroatoms. The van der Waals surface area contributed by atoms with E-state index in [0.717, 1.165) is 12.1 Å². The maximum Gasteiger partial charge on any atom is 0.00811 e. The Morgan fingerprint density at radius 3 is 2.46 bits per heavy atom. The van der Waals surface area contributed by atoms with Gasteiger partial charge in [0.15, 0.2) is 0 Å². The van der Waals surface area contributed by atoms with Gasteiger partial charge in [0, 0.05) is 19.2 Å². The van der Waals surface area contributed by atoms with Crippen molar-refractivity contribution in [3.8, 4) is 0 Å². The molecule has 0 bridgehead atoms. The van der Waals surface area contributed by atoms with Crippen LogP contribution in [0.2, 0.25) is 0 Å². The first-order valence-corrected chi connectivity index (χ1v) is 4.79. The summed E-state index contributed by atoms with van der Waals surface area (Å²) in [6.07, 6.45) is 7.24. The highest BCUT2D eigenvalue weighted by molar-refractivity contribution is 5.19. The predicted molar refractivity (Wildman–Crippen MR) is 60.6 cm³/mol. The molecule has 0 aliphatic rings. The fourth-order valence-electron chi connectivity index (χ4n) is 1.01. The molecule has 0 saturated heterocycles. The van der Waals surface area contributed by atoms with Crippen molar-refractivity contribution in [1.29, 1.82) is 0 Å². The number of hydrogen-bond donors (Lipinski definition) is 1. The van der Waals surface area contributed by atoms with Gasteiger partial charge in [0.25, 0.3) is 0 Å². The van der Waals surface area contributed by atoms with E-state index in [1.807, 2.05) is 20.0 Å². The zero-order valence-corrected chi connectivity index (χ0v) is 9.22. The molecule has 0 aromatic rings. The van der Waals surface area contributed by atoms with Crippen LogP contribution in [0.15, 0.2) is 36.1 Å². The highest BCUT2D eigenvalue weighted by atomic mass is 14.8. The van der Waals surface area contributed by atoms with Gasteiger partial charge >= 0.3 is 0 Å². The van der Waals surface area contributed by atoms with E-state index in [1.165, 1.54) is 5.57 Å². The average molecular weight is 179 g/mol. The molecule has 0 rings (SSSR count). The maximum absolute atomic E-state index is 3.93. The molecule has 0 unspecified atom stereocenters. The Morgan fingerprint density at radius 1 is 1.46 bits per heavy atom. The zero-order valence-electron chi connectivity index (χ0n) is 9.22. The van der Waals surface area contributed by atoms with E-state index in [4.69, 9.17) is 0 Å². The molecule has 74 valence electrons. The van der Waals surface area contributed by atoms with Crippen LogP contribution in [-0.2, 0) is 0 Å². The summed E-state index contributed by atoms with van der Waals surface area (Å²) in [6.45, 7) is 10.4. The lowest BCUT2D eigenvalue weighted by Gasteiger charge is -2.12. The minimum atomic E-state index is 0.585. The quantitative estimate of drug-likeness (QED) is 0.639. The first-order chi connectivity index (χ1) is 6.11. The average Bonchev–Trinajstić information content (AvgIpc) is 2.11. The normalized spacial score (nSPS) is 12.5. The van der Waals surface area contributed by atoms with Crippen molar-refractivity contribution >= 4 is 0 Å². The minimum Gasteiger partial charge on any atom is -0.392 e. The molecular weight excluding hydrogens is 158 g/mol. The Hall–Kier alpha value is -0.980. The highest BCUT2D eigenvalue weighted by Gasteiger charge is 2.02. The third-order valence-corrected chi connectivity index (χ3v) is 2.02. The number of nitrogens with one attached hydrogen (secondary N) is 1. The van der Waals surface area contributed by atoms with E-state index in [0.29, 0.717) is 5.92 Å². The van der Waals surface area contributed by atoms with Crippen molar-refractivity contribution in [3.63, 3.8) is 0 Å². The number of rotatable bonds is 5. The lowest BCUT2D eigenvalue weighted by molar-refractivity contribution is 0.724. The van der Waals surface area contributed by atoms with Crippen molar-refractivity contribution in [2.45, 2.75) is 27.2 Å². The molecule has 0 spiro atoms. The molecule has 0 aromatic heterocycles. The minimum absolute atomic E-state index is 0.585. The van der Waals surface area contributed by atoms with Crippen LogP contribution in [0, 0.1) is 5.92 Å².